The van der Waals surface area contributed by atoms with E-state index in [0.29, 0.717) is 0 Å². The third-order valence-electron chi connectivity index (χ3n) is 3.80. The minimum Gasteiger partial charge on any atom is -0.371 e. The van der Waals surface area contributed by atoms with Crippen LogP contribution in [-0.2, 0) is 6.54 Å². The zero-order chi connectivity index (χ0) is 12.1. The Labute approximate surface area is 105 Å². The molecule has 1 saturated heterocycles. The molecule has 2 heteroatoms. The molecule has 0 radical (unpaired) electrons. The van der Waals surface area contributed by atoms with Gasteiger partial charge in [-0.25, -0.2) is 0 Å². The predicted octanol–water partition coefficient (Wildman–Crippen LogP) is 3.03. The summed E-state index contributed by atoms with van der Waals surface area (Å²) in [5, 5.41) is 3.26. The number of nitrogens with one attached hydrogen (secondary N) is 1. The maximum absolute atomic E-state index is 3.26. The molecule has 0 bridgehead atoms. The smallest absolute Gasteiger partial charge is 0.0411 e. The first-order valence-corrected chi connectivity index (χ1v) is 6.82. The Morgan fingerprint density at radius 1 is 1.35 bits per heavy atom. The number of anilines is 1. The molecule has 94 valence electrons. The van der Waals surface area contributed by atoms with Crippen LogP contribution in [0.2, 0.25) is 0 Å². The summed E-state index contributed by atoms with van der Waals surface area (Å²) in [6, 6.07) is 8.80. The van der Waals surface area contributed by atoms with E-state index in [1.54, 1.807) is 0 Å². The summed E-state index contributed by atoms with van der Waals surface area (Å²) in [5.74, 6) is 0.881. The lowest BCUT2D eigenvalue weighted by Gasteiger charge is -2.35. The highest BCUT2D eigenvalue weighted by Crippen LogP contribution is 2.27. The molecule has 0 spiro atoms. The highest BCUT2D eigenvalue weighted by molar-refractivity contribution is 5.54. The van der Waals surface area contributed by atoms with Crippen molar-refractivity contribution in [3.8, 4) is 0 Å². The van der Waals surface area contributed by atoms with Gasteiger partial charge in [0.05, 0.1) is 0 Å². The van der Waals surface area contributed by atoms with E-state index in [2.05, 4.69) is 41.4 Å². The number of piperidine rings is 1. The molecule has 2 nitrogen and oxygen atoms in total. The van der Waals surface area contributed by atoms with Crippen molar-refractivity contribution in [1.29, 1.82) is 0 Å². The Morgan fingerprint density at radius 2 is 2.18 bits per heavy atom. The fourth-order valence-corrected chi connectivity index (χ4v) is 2.78. The average molecular weight is 232 g/mol. The minimum absolute atomic E-state index is 0.881. The molecule has 1 aromatic carbocycles. The van der Waals surface area contributed by atoms with Crippen LogP contribution in [0.25, 0.3) is 0 Å². The molecule has 0 amide bonds. The standard InChI is InChI=1S/C15H24N2/c1-3-13-7-6-10-17(12-13)15-9-5-4-8-14(15)11-16-2/h4-5,8-9,13,16H,3,6-7,10-12H2,1-2H3. The third-order valence-corrected chi connectivity index (χ3v) is 3.80. The Hall–Kier alpha value is -1.02. The number of nitrogens with zero attached hydrogens (tertiary/aromatic N) is 1. The topological polar surface area (TPSA) is 15.3 Å². The highest BCUT2D eigenvalue weighted by atomic mass is 15.1. The molecule has 1 atom stereocenters. The van der Waals surface area contributed by atoms with Crippen molar-refractivity contribution in [1.82, 2.24) is 5.32 Å². The molecule has 1 N–H and O–H groups in total. The maximum atomic E-state index is 3.26. The summed E-state index contributed by atoms with van der Waals surface area (Å²) >= 11 is 0. The van der Waals surface area contributed by atoms with E-state index >= 15 is 0 Å². The van der Waals surface area contributed by atoms with Crippen molar-refractivity contribution >= 4 is 5.69 Å². The van der Waals surface area contributed by atoms with Gasteiger partial charge < -0.3 is 10.2 Å². The van der Waals surface area contributed by atoms with Crippen molar-refractivity contribution in [2.45, 2.75) is 32.7 Å². The molecule has 1 aliphatic rings. The summed E-state index contributed by atoms with van der Waals surface area (Å²) in [6.07, 6.45) is 4.05. The first-order valence-electron chi connectivity index (χ1n) is 6.82. The first kappa shape index (κ1) is 12.4. The second kappa shape index (κ2) is 6.06. The van der Waals surface area contributed by atoms with E-state index in [-0.39, 0.29) is 0 Å². The fourth-order valence-electron chi connectivity index (χ4n) is 2.78. The Balaban J connectivity index is 2.15. The van der Waals surface area contributed by atoms with E-state index in [9.17, 15) is 0 Å². The number of hydrogen-bond acceptors (Lipinski definition) is 2. The van der Waals surface area contributed by atoms with Gasteiger partial charge in [-0.15, -0.1) is 0 Å². The second-order valence-electron chi connectivity index (χ2n) is 5.02. The molecule has 1 aliphatic heterocycles. The van der Waals surface area contributed by atoms with Crippen LogP contribution in [0, 0.1) is 5.92 Å². The Morgan fingerprint density at radius 3 is 2.94 bits per heavy atom. The van der Waals surface area contributed by atoms with Gasteiger partial charge in [-0.05, 0) is 37.4 Å². The maximum Gasteiger partial charge on any atom is 0.0411 e. The van der Waals surface area contributed by atoms with Crippen LogP contribution in [0.15, 0.2) is 24.3 Å². The molecule has 0 aliphatic carbocycles. The van der Waals surface area contributed by atoms with Crippen molar-refractivity contribution in [2.75, 3.05) is 25.0 Å². The molecule has 1 aromatic rings. The van der Waals surface area contributed by atoms with E-state index < -0.39 is 0 Å². The monoisotopic (exact) mass is 232 g/mol. The molecule has 1 heterocycles. The quantitative estimate of drug-likeness (QED) is 0.858. The van der Waals surface area contributed by atoms with Crippen molar-refractivity contribution < 1.29 is 0 Å². The molecule has 1 unspecified atom stereocenters. The summed E-state index contributed by atoms with van der Waals surface area (Å²) < 4.78 is 0. The van der Waals surface area contributed by atoms with Gasteiger partial charge in [-0.1, -0.05) is 31.5 Å². The first-order chi connectivity index (χ1) is 8.35. The Kier molecular flexibility index (Phi) is 4.43. The number of rotatable bonds is 4. The zero-order valence-corrected chi connectivity index (χ0v) is 11.1. The SMILES string of the molecule is CCC1CCCN(c2ccccc2CNC)C1. The van der Waals surface area contributed by atoms with Crippen LogP contribution in [0.1, 0.15) is 31.7 Å². The molecular formula is C15H24N2. The molecule has 17 heavy (non-hydrogen) atoms. The van der Waals surface area contributed by atoms with E-state index in [0.717, 1.165) is 12.5 Å². The van der Waals surface area contributed by atoms with Gasteiger partial charge in [-0.3, -0.25) is 0 Å². The third kappa shape index (κ3) is 3.01. The highest BCUT2D eigenvalue weighted by Gasteiger charge is 2.19. The van der Waals surface area contributed by atoms with Gasteiger partial charge >= 0.3 is 0 Å². The van der Waals surface area contributed by atoms with Crippen LogP contribution in [0.3, 0.4) is 0 Å². The molecular weight excluding hydrogens is 208 g/mol. The van der Waals surface area contributed by atoms with Gasteiger partial charge in [0.25, 0.3) is 0 Å². The van der Waals surface area contributed by atoms with Crippen LogP contribution in [0.4, 0.5) is 5.69 Å². The van der Waals surface area contributed by atoms with Crippen molar-refractivity contribution in [2.24, 2.45) is 5.92 Å². The predicted molar refractivity (Wildman–Crippen MR) is 74.4 cm³/mol. The van der Waals surface area contributed by atoms with Gasteiger partial charge in [0.2, 0.25) is 0 Å². The average Bonchev–Trinajstić information content (AvgIpc) is 2.40. The Bertz CT molecular complexity index is 349. The van der Waals surface area contributed by atoms with Crippen LogP contribution in [-0.4, -0.2) is 20.1 Å². The lowest BCUT2D eigenvalue weighted by molar-refractivity contribution is 0.404. The summed E-state index contributed by atoms with van der Waals surface area (Å²) in [7, 11) is 2.02. The van der Waals surface area contributed by atoms with Crippen LogP contribution >= 0.6 is 0 Å². The zero-order valence-electron chi connectivity index (χ0n) is 11.1. The second-order valence-corrected chi connectivity index (χ2v) is 5.02. The summed E-state index contributed by atoms with van der Waals surface area (Å²) in [5.41, 5.74) is 2.85. The minimum atomic E-state index is 0.881. The fraction of sp³-hybridized carbons (Fsp3) is 0.600. The largest absolute Gasteiger partial charge is 0.371 e. The van der Waals surface area contributed by atoms with Crippen molar-refractivity contribution in [3.63, 3.8) is 0 Å². The number of para-hydroxylation sites is 1. The van der Waals surface area contributed by atoms with E-state index in [1.165, 1.54) is 43.6 Å². The summed E-state index contributed by atoms with van der Waals surface area (Å²) in [6.45, 7) is 5.73. The van der Waals surface area contributed by atoms with Gasteiger partial charge in [-0.2, -0.15) is 0 Å². The van der Waals surface area contributed by atoms with Gasteiger partial charge in [0.15, 0.2) is 0 Å². The number of hydrogen-bond donors (Lipinski definition) is 1. The van der Waals surface area contributed by atoms with Gasteiger partial charge in [0, 0.05) is 25.3 Å². The lowest BCUT2D eigenvalue weighted by atomic mass is 9.94. The van der Waals surface area contributed by atoms with Crippen LogP contribution < -0.4 is 10.2 Å². The molecule has 0 saturated carbocycles. The van der Waals surface area contributed by atoms with E-state index in [4.69, 9.17) is 0 Å². The normalized spacial score (nSPS) is 20.6. The van der Waals surface area contributed by atoms with Crippen molar-refractivity contribution in [3.05, 3.63) is 29.8 Å². The molecule has 2 rings (SSSR count). The lowest BCUT2D eigenvalue weighted by Crippen LogP contribution is -2.36. The summed E-state index contributed by atoms with van der Waals surface area (Å²) in [4.78, 5) is 2.57. The van der Waals surface area contributed by atoms with E-state index in [1.807, 2.05) is 7.05 Å². The molecule has 1 fully saturated rings. The number of benzene rings is 1. The molecule has 0 aromatic heterocycles. The van der Waals surface area contributed by atoms with Crippen LogP contribution in [0.5, 0.6) is 0 Å². The van der Waals surface area contributed by atoms with Gasteiger partial charge in [0.1, 0.15) is 0 Å².